The minimum atomic E-state index is -0.497. The summed E-state index contributed by atoms with van der Waals surface area (Å²) in [5.41, 5.74) is 2.45. The number of benzene rings is 2. The zero-order valence-corrected chi connectivity index (χ0v) is 18.9. The van der Waals surface area contributed by atoms with Crippen molar-refractivity contribution in [2.24, 2.45) is 5.92 Å². The Bertz CT molecular complexity index is 1000. The molecule has 0 saturated carbocycles. The second-order valence-electron chi connectivity index (χ2n) is 8.51. The van der Waals surface area contributed by atoms with Crippen LogP contribution in [0.2, 0.25) is 0 Å². The third kappa shape index (κ3) is 4.33. The summed E-state index contributed by atoms with van der Waals surface area (Å²) in [7, 11) is 0. The summed E-state index contributed by atoms with van der Waals surface area (Å²) in [6.07, 6.45) is 2.40. The number of hydrogen-bond donors (Lipinski definition) is 0. The molecule has 0 unspecified atom stereocenters. The van der Waals surface area contributed by atoms with Gasteiger partial charge in [0.25, 0.3) is 11.8 Å². The van der Waals surface area contributed by atoms with E-state index in [0.717, 1.165) is 29.6 Å². The topological polar surface area (TPSA) is 49.9 Å². The van der Waals surface area contributed by atoms with Crippen LogP contribution in [0, 0.1) is 5.92 Å². The van der Waals surface area contributed by atoms with Crippen LogP contribution in [-0.2, 0) is 9.59 Å². The third-order valence-corrected chi connectivity index (χ3v) is 6.15. The van der Waals surface area contributed by atoms with Gasteiger partial charge in [0, 0.05) is 18.8 Å². The molecule has 31 heavy (non-hydrogen) atoms. The maximum atomic E-state index is 13.1. The lowest BCUT2D eigenvalue weighted by atomic mass is 9.99. The second kappa shape index (κ2) is 8.75. The van der Waals surface area contributed by atoms with Crippen molar-refractivity contribution in [3.05, 3.63) is 59.1 Å². The van der Waals surface area contributed by atoms with Gasteiger partial charge >= 0.3 is 0 Å². The zero-order valence-electron chi connectivity index (χ0n) is 18.1. The lowest BCUT2D eigenvalue weighted by Gasteiger charge is -2.32. The molecule has 0 aromatic heterocycles. The molecule has 0 bridgehead atoms. The molecule has 1 fully saturated rings. The van der Waals surface area contributed by atoms with Crippen LogP contribution in [0.1, 0.15) is 39.2 Å². The number of ether oxygens (including phenoxy) is 1. The fraction of sp³-hybridized carbons (Fsp3) is 0.360. The van der Waals surface area contributed by atoms with E-state index in [0.29, 0.717) is 17.0 Å². The molecule has 6 heteroatoms. The molecular formula is C25H27ClN2O3. The fourth-order valence-electron chi connectivity index (χ4n) is 4.04. The van der Waals surface area contributed by atoms with Crippen LogP contribution in [0.4, 0.5) is 11.4 Å². The summed E-state index contributed by atoms with van der Waals surface area (Å²) in [6, 6.07) is 14.6. The molecule has 2 aromatic rings. The van der Waals surface area contributed by atoms with Gasteiger partial charge in [0.2, 0.25) is 0 Å². The minimum Gasteiger partial charge on any atom is -0.491 e. The molecule has 2 heterocycles. The van der Waals surface area contributed by atoms with Crippen molar-refractivity contribution in [1.29, 1.82) is 0 Å². The van der Waals surface area contributed by atoms with Crippen molar-refractivity contribution in [2.75, 3.05) is 22.9 Å². The van der Waals surface area contributed by atoms with Gasteiger partial charge in [-0.3, -0.25) is 9.59 Å². The van der Waals surface area contributed by atoms with E-state index < -0.39 is 11.8 Å². The Hall–Kier alpha value is -2.79. The molecule has 2 aromatic carbocycles. The monoisotopic (exact) mass is 438 g/mol. The number of amides is 2. The Morgan fingerprint density at radius 1 is 0.903 bits per heavy atom. The quantitative estimate of drug-likeness (QED) is 0.599. The number of imide groups is 1. The van der Waals surface area contributed by atoms with Crippen molar-refractivity contribution < 1.29 is 14.3 Å². The van der Waals surface area contributed by atoms with Gasteiger partial charge in [-0.1, -0.05) is 30.7 Å². The average molecular weight is 439 g/mol. The van der Waals surface area contributed by atoms with Crippen molar-refractivity contribution in [2.45, 2.75) is 39.7 Å². The molecule has 2 amide bonds. The smallest absolute Gasteiger partial charge is 0.277 e. The van der Waals surface area contributed by atoms with Crippen molar-refractivity contribution >= 4 is 40.4 Å². The van der Waals surface area contributed by atoms with Crippen molar-refractivity contribution in [1.82, 2.24) is 0 Å². The van der Waals surface area contributed by atoms with Gasteiger partial charge in [-0.25, -0.2) is 4.90 Å². The van der Waals surface area contributed by atoms with E-state index in [1.165, 1.54) is 12.8 Å². The normalized spacial score (nSPS) is 17.8. The van der Waals surface area contributed by atoms with E-state index in [4.69, 9.17) is 16.3 Å². The van der Waals surface area contributed by atoms with Crippen LogP contribution in [0.3, 0.4) is 0 Å². The number of carbonyl (C=O) groups excluding carboxylic acids is 2. The highest BCUT2D eigenvalue weighted by Crippen LogP contribution is 2.36. The number of rotatable bonds is 5. The first-order chi connectivity index (χ1) is 14.8. The molecule has 2 aliphatic rings. The number of carbonyl (C=O) groups is 2. The summed E-state index contributed by atoms with van der Waals surface area (Å²) in [5.74, 6) is 0.551. The second-order valence-corrected chi connectivity index (χ2v) is 8.89. The van der Waals surface area contributed by atoms with Crippen LogP contribution in [0.5, 0.6) is 5.75 Å². The standard InChI is InChI=1S/C25H27ClN2O3/c1-16(2)31-21-10-4-18(5-11-21)22-23(26)25(30)28(24(22)29)20-8-6-19(7-9-20)27-14-12-17(3)13-15-27/h4-11,16-17H,12-15H2,1-3H3. The first-order valence-corrected chi connectivity index (χ1v) is 11.1. The van der Waals surface area contributed by atoms with Crippen LogP contribution >= 0.6 is 11.6 Å². The van der Waals surface area contributed by atoms with E-state index in [-0.39, 0.29) is 16.7 Å². The van der Waals surface area contributed by atoms with Crippen molar-refractivity contribution in [3.63, 3.8) is 0 Å². The maximum absolute atomic E-state index is 13.1. The third-order valence-electron chi connectivity index (χ3n) is 5.80. The van der Waals surface area contributed by atoms with Gasteiger partial charge in [-0.2, -0.15) is 0 Å². The number of anilines is 2. The fourth-order valence-corrected chi connectivity index (χ4v) is 4.31. The first-order valence-electron chi connectivity index (χ1n) is 10.8. The van der Waals surface area contributed by atoms with Gasteiger partial charge in [0.15, 0.2) is 0 Å². The van der Waals surface area contributed by atoms with Crippen LogP contribution in [0.25, 0.3) is 5.57 Å². The average Bonchev–Trinajstić information content (AvgIpc) is 2.97. The lowest BCUT2D eigenvalue weighted by molar-refractivity contribution is -0.119. The molecular weight excluding hydrogens is 412 g/mol. The van der Waals surface area contributed by atoms with E-state index in [1.807, 2.05) is 38.1 Å². The highest BCUT2D eigenvalue weighted by atomic mass is 35.5. The van der Waals surface area contributed by atoms with Gasteiger partial charge < -0.3 is 9.64 Å². The molecule has 0 aliphatic carbocycles. The first kappa shape index (κ1) is 21.4. The van der Waals surface area contributed by atoms with Gasteiger partial charge in [0.05, 0.1) is 17.4 Å². The summed E-state index contributed by atoms with van der Waals surface area (Å²) in [4.78, 5) is 29.4. The van der Waals surface area contributed by atoms with E-state index in [2.05, 4.69) is 11.8 Å². The Morgan fingerprint density at radius 3 is 2.06 bits per heavy atom. The Balaban J connectivity index is 1.53. The Labute approximate surface area is 188 Å². The Kier molecular flexibility index (Phi) is 6.05. The molecule has 4 rings (SSSR count). The molecule has 1 saturated heterocycles. The Morgan fingerprint density at radius 2 is 1.48 bits per heavy atom. The zero-order chi connectivity index (χ0) is 22.1. The predicted molar refractivity (Wildman–Crippen MR) is 125 cm³/mol. The predicted octanol–water partition coefficient (Wildman–Crippen LogP) is 5.23. The summed E-state index contributed by atoms with van der Waals surface area (Å²) < 4.78 is 5.65. The minimum absolute atomic E-state index is 0.0511. The number of nitrogens with zero attached hydrogens (tertiary/aromatic N) is 2. The maximum Gasteiger partial charge on any atom is 0.277 e. The van der Waals surface area contributed by atoms with Crippen LogP contribution in [0.15, 0.2) is 53.6 Å². The molecule has 0 radical (unpaired) electrons. The highest BCUT2D eigenvalue weighted by molar-refractivity contribution is 6.60. The van der Waals surface area contributed by atoms with Crippen LogP contribution < -0.4 is 14.5 Å². The molecule has 162 valence electrons. The lowest BCUT2D eigenvalue weighted by Crippen LogP contribution is -2.33. The van der Waals surface area contributed by atoms with E-state index >= 15 is 0 Å². The van der Waals surface area contributed by atoms with Crippen molar-refractivity contribution in [3.8, 4) is 5.75 Å². The number of halogens is 1. The molecule has 0 N–H and O–H groups in total. The van der Waals surface area contributed by atoms with Gasteiger partial charge in [-0.05, 0) is 74.6 Å². The number of hydrogen-bond acceptors (Lipinski definition) is 4. The van der Waals surface area contributed by atoms with Gasteiger partial charge in [-0.15, -0.1) is 0 Å². The van der Waals surface area contributed by atoms with E-state index in [9.17, 15) is 9.59 Å². The van der Waals surface area contributed by atoms with E-state index in [1.54, 1.807) is 24.3 Å². The molecule has 0 spiro atoms. The summed E-state index contributed by atoms with van der Waals surface area (Å²) in [6.45, 7) is 8.22. The SMILES string of the molecule is CC1CCN(c2ccc(N3C(=O)C(Cl)=C(c4ccc(OC(C)C)cc4)C3=O)cc2)CC1. The number of piperidine rings is 1. The molecule has 5 nitrogen and oxygen atoms in total. The summed E-state index contributed by atoms with van der Waals surface area (Å²) in [5, 5.41) is -0.0587. The molecule has 2 aliphatic heterocycles. The largest absolute Gasteiger partial charge is 0.491 e. The van der Waals surface area contributed by atoms with Crippen LogP contribution in [-0.4, -0.2) is 31.0 Å². The highest BCUT2D eigenvalue weighted by Gasteiger charge is 2.39. The van der Waals surface area contributed by atoms with Gasteiger partial charge in [0.1, 0.15) is 10.8 Å². The summed E-state index contributed by atoms with van der Waals surface area (Å²) >= 11 is 6.32. The molecule has 0 atom stereocenters.